The highest BCUT2D eigenvalue weighted by Gasteiger charge is 2.42. The Morgan fingerprint density at radius 2 is 1.04 bits per heavy atom. The molecule has 0 aliphatic carbocycles. The van der Waals surface area contributed by atoms with Crippen LogP contribution in [0.1, 0.15) is 201 Å². The van der Waals surface area contributed by atoms with E-state index >= 15 is 0 Å². The van der Waals surface area contributed by atoms with Crippen LogP contribution in [-0.4, -0.2) is 77.8 Å². The van der Waals surface area contributed by atoms with E-state index in [9.17, 15) is 24.9 Å². The van der Waals surface area contributed by atoms with Gasteiger partial charge in [-0.1, -0.05) is 161 Å². The van der Waals surface area contributed by atoms with E-state index in [-0.39, 0.29) is 32.2 Å². The number of carbonyl (C=O) groups excluding carboxylic acids is 2. The zero-order valence-corrected chi connectivity index (χ0v) is 34.3. The van der Waals surface area contributed by atoms with E-state index in [0.717, 1.165) is 51.4 Å². The van der Waals surface area contributed by atoms with Crippen molar-refractivity contribution in [1.29, 1.82) is 0 Å². The highest BCUT2D eigenvalue weighted by Crippen LogP contribution is 2.27. The molecule has 1 aliphatic rings. The van der Waals surface area contributed by atoms with Crippen molar-refractivity contribution in [2.45, 2.75) is 231 Å². The van der Waals surface area contributed by atoms with Gasteiger partial charge in [0.1, 0.15) is 12.7 Å². The van der Waals surface area contributed by atoms with Crippen LogP contribution in [0.3, 0.4) is 0 Å². The van der Waals surface area contributed by atoms with Gasteiger partial charge in [0.25, 0.3) is 0 Å². The lowest BCUT2D eigenvalue weighted by Gasteiger charge is -2.40. The molecule has 6 unspecified atom stereocenters. The van der Waals surface area contributed by atoms with Gasteiger partial charge in [0.05, 0.1) is 25.4 Å². The normalized spacial score (nSPS) is 20.9. The topological polar surface area (TPSA) is 132 Å². The summed E-state index contributed by atoms with van der Waals surface area (Å²) < 4.78 is 22.6. The van der Waals surface area contributed by atoms with Crippen molar-refractivity contribution in [3.63, 3.8) is 0 Å². The van der Waals surface area contributed by atoms with Gasteiger partial charge in [-0.3, -0.25) is 9.59 Å². The summed E-state index contributed by atoms with van der Waals surface area (Å²) in [5, 5.41) is 30.6. The summed E-state index contributed by atoms with van der Waals surface area (Å²) in [4.78, 5) is 25.3. The van der Waals surface area contributed by atoms with Crippen LogP contribution >= 0.6 is 0 Å². The number of hydrogen-bond donors (Lipinski definition) is 3. The second kappa shape index (κ2) is 34.9. The third-order valence-corrected chi connectivity index (χ3v) is 10.5. The Labute approximate surface area is 324 Å². The minimum absolute atomic E-state index is 0.166. The van der Waals surface area contributed by atoms with E-state index < -0.39 is 42.6 Å². The molecule has 0 aromatic heterocycles. The zero-order chi connectivity index (χ0) is 38.8. The molecule has 1 heterocycles. The van der Waals surface area contributed by atoms with Crippen LogP contribution in [0.15, 0.2) is 12.2 Å². The molecule has 0 saturated carbocycles. The lowest BCUT2D eigenvalue weighted by molar-refractivity contribution is -0.293. The van der Waals surface area contributed by atoms with Gasteiger partial charge in [0.15, 0.2) is 12.4 Å². The van der Waals surface area contributed by atoms with E-state index in [1.54, 1.807) is 6.92 Å². The maximum atomic E-state index is 12.8. The van der Waals surface area contributed by atoms with Crippen molar-refractivity contribution < 1.29 is 43.9 Å². The molecule has 9 heteroatoms. The Hall–Kier alpha value is -1.52. The summed E-state index contributed by atoms with van der Waals surface area (Å²) in [5.74, 6) is -1.22. The van der Waals surface area contributed by atoms with Crippen LogP contribution in [-0.2, 0) is 28.5 Å². The van der Waals surface area contributed by atoms with Crippen LogP contribution in [0.2, 0.25) is 0 Å². The van der Waals surface area contributed by atoms with Crippen molar-refractivity contribution in [1.82, 2.24) is 0 Å². The van der Waals surface area contributed by atoms with Crippen molar-refractivity contribution >= 4 is 11.9 Å². The molecule has 0 radical (unpaired) electrons. The van der Waals surface area contributed by atoms with Gasteiger partial charge in [-0.2, -0.15) is 0 Å². The number of unbranched alkanes of at least 4 members (excludes halogenated alkanes) is 23. The molecule has 3 N–H and O–H groups in total. The maximum absolute atomic E-state index is 12.8. The first-order chi connectivity index (χ1) is 25.8. The minimum atomic E-state index is -1.34. The highest BCUT2D eigenvalue weighted by atomic mass is 16.7. The van der Waals surface area contributed by atoms with Gasteiger partial charge in [-0.25, -0.2) is 0 Å². The fourth-order valence-electron chi connectivity index (χ4n) is 6.86. The molecule has 0 spiro atoms. The first-order valence-electron chi connectivity index (χ1n) is 22.1. The molecule has 6 atom stereocenters. The second-order valence-corrected chi connectivity index (χ2v) is 15.5. The number of esters is 2. The maximum Gasteiger partial charge on any atom is 0.306 e. The smallest absolute Gasteiger partial charge is 0.306 e. The second-order valence-electron chi connectivity index (χ2n) is 15.5. The molecule has 1 rings (SSSR count). The first-order valence-corrected chi connectivity index (χ1v) is 22.1. The highest BCUT2D eigenvalue weighted by molar-refractivity contribution is 5.70. The SMILES string of the molecule is CCCCCCCC/C=C\CCCCCCCC(=O)OC(COC(=O)CCCCCCCCCCCCCCC)COC1OC(CO)C(C)C(O)C1O. The quantitative estimate of drug-likeness (QED) is 0.0325. The van der Waals surface area contributed by atoms with Crippen LogP contribution in [0.4, 0.5) is 0 Å². The Morgan fingerprint density at radius 1 is 0.604 bits per heavy atom. The fourth-order valence-corrected chi connectivity index (χ4v) is 6.86. The van der Waals surface area contributed by atoms with Crippen LogP contribution in [0.5, 0.6) is 0 Å². The summed E-state index contributed by atoms with van der Waals surface area (Å²) >= 11 is 0. The van der Waals surface area contributed by atoms with Crippen molar-refractivity contribution in [3.8, 4) is 0 Å². The number of rotatable bonds is 36. The third kappa shape index (κ3) is 26.8. The predicted molar refractivity (Wildman–Crippen MR) is 213 cm³/mol. The molecule has 53 heavy (non-hydrogen) atoms. The minimum Gasteiger partial charge on any atom is -0.462 e. The number of ether oxygens (including phenoxy) is 4. The molecule has 1 aliphatic heterocycles. The summed E-state index contributed by atoms with van der Waals surface area (Å²) in [7, 11) is 0. The number of carbonyl (C=O) groups is 2. The van der Waals surface area contributed by atoms with E-state index in [2.05, 4.69) is 26.0 Å². The standard InChI is InChI=1S/C44H82O9/c1-4-6-8-10-12-14-16-18-19-21-23-25-27-29-31-33-41(47)52-38(36-51-44-43(49)42(48)37(3)39(34-45)53-44)35-50-40(46)32-30-28-26-24-22-20-17-15-13-11-9-7-5-2/h18-19,37-39,42-45,48-49H,4-17,20-36H2,1-3H3/b19-18-. The monoisotopic (exact) mass is 755 g/mol. The molecule has 0 amide bonds. The molecular weight excluding hydrogens is 672 g/mol. The van der Waals surface area contributed by atoms with Crippen LogP contribution in [0.25, 0.3) is 0 Å². The molecule has 1 fully saturated rings. The molecule has 0 aromatic rings. The molecule has 1 saturated heterocycles. The third-order valence-electron chi connectivity index (χ3n) is 10.5. The summed E-state index contributed by atoms with van der Waals surface area (Å²) in [5.41, 5.74) is 0. The van der Waals surface area contributed by atoms with Gasteiger partial charge in [0.2, 0.25) is 0 Å². The van der Waals surface area contributed by atoms with Gasteiger partial charge in [0, 0.05) is 18.8 Å². The van der Waals surface area contributed by atoms with Gasteiger partial charge in [-0.15, -0.1) is 0 Å². The number of allylic oxidation sites excluding steroid dienone is 2. The Kier molecular flexibility index (Phi) is 32.6. The van der Waals surface area contributed by atoms with Gasteiger partial charge in [-0.05, 0) is 38.5 Å². The Balaban J connectivity index is 2.35. The van der Waals surface area contributed by atoms with Crippen molar-refractivity contribution in [2.24, 2.45) is 5.92 Å². The average molecular weight is 755 g/mol. The molecule has 9 nitrogen and oxygen atoms in total. The first kappa shape index (κ1) is 49.5. The lowest BCUT2D eigenvalue weighted by atomic mass is 9.91. The molecule has 0 aromatic carbocycles. The Morgan fingerprint density at radius 3 is 1.51 bits per heavy atom. The van der Waals surface area contributed by atoms with Gasteiger partial charge < -0.3 is 34.3 Å². The summed E-state index contributed by atoms with van der Waals surface area (Å²) in [6.45, 7) is 5.49. The molecular formula is C44H82O9. The zero-order valence-electron chi connectivity index (χ0n) is 34.3. The average Bonchev–Trinajstić information content (AvgIpc) is 3.15. The van der Waals surface area contributed by atoms with E-state index in [0.29, 0.717) is 12.8 Å². The van der Waals surface area contributed by atoms with E-state index in [1.165, 1.54) is 109 Å². The fraction of sp³-hybridized carbons (Fsp3) is 0.909. The largest absolute Gasteiger partial charge is 0.462 e. The number of hydrogen-bond acceptors (Lipinski definition) is 9. The van der Waals surface area contributed by atoms with E-state index in [4.69, 9.17) is 18.9 Å². The molecule has 312 valence electrons. The summed E-state index contributed by atoms with van der Waals surface area (Å²) in [6, 6.07) is 0. The van der Waals surface area contributed by atoms with Crippen molar-refractivity contribution in [3.05, 3.63) is 12.2 Å². The van der Waals surface area contributed by atoms with E-state index in [1.807, 2.05) is 0 Å². The van der Waals surface area contributed by atoms with Crippen LogP contribution < -0.4 is 0 Å². The summed E-state index contributed by atoms with van der Waals surface area (Å²) in [6.07, 6.45) is 31.1. The predicted octanol–water partition coefficient (Wildman–Crippen LogP) is 10.1. The van der Waals surface area contributed by atoms with Crippen LogP contribution in [0, 0.1) is 5.92 Å². The Bertz CT molecular complexity index is 879. The van der Waals surface area contributed by atoms with Gasteiger partial charge >= 0.3 is 11.9 Å². The number of aliphatic hydroxyl groups excluding tert-OH is 3. The van der Waals surface area contributed by atoms with Crippen molar-refractivity contribution in [2.75, 3.05) is 19.8 Å². The molecule has 0 bridgehead atoms. The lowest BCUT2D eigenvalue weighted by Crippen LogP contribution is -2.55. The number of aliphatic hydroxyl groups is 3.